The second-order valence-electron chi connectivity index (χ2n) is 4.98. The number of hydrogen-bond donors (Lipinski definition) is 1. The molecule has 0 radical (unpaired) electrons. The first-order valence-corrected chi connectivity index (χ1v) is 6.49. The zero-order valence-electron chi connectivity index (χ0n) is 10.8. The van der Waals surface area contributed by atoms with Gasteiger partial charge < -0.3 is 15.0 Å². The van der Waals surface area contributed by atoms with Gasteiger partial charge in [-0.3, -0.25) is 9.59 Å². The molecule has 1 saturated carbocycles. The average Bonchev–Trinajstić information content (AvgIpc) is 3.21. The van der Waals surface area contributed by atoms with Gasteiger partial charge >= 0.3 is 0 Å². The number of nitrogens with one attached hydrogen (secondary N) is 1. The predicted octanol–water partition coefficient (Wildman–Crippen LogP) is 1.32. The second-order valence-corrected chi connectivity index (χ2v) is 4.98. The molecule has 3 rings (SSSR count). The molecule has 0 aromatic heterocycles. The molecule has 2 amide bonds. The monoisotopic (exact) mass is 260 g/mol. The lowest BCUT2D eigenvalue weighted by Crippen LogP contribution is -2.26. The van der Waals surface area contributed by atoms with E-state index in [-0.39, 0.29) is 11.8 Å². The number of nitrogens with zero attached hydrogens (tertiary/aromatic N) is 1. The molecule has 1 aromatic rings. The van der Waals surface area contributed by atoms with Gasteiger partial charge in [0.15, 0.2) is 0 Å². The lowest BCUT2D eigenvalue weighted by molar-refractivity contribution is -0.118. The third-order valence-electron chi connectivity index (χ3n) is 3.44. The molecule has 0 bridgehead atoms. The van der Waals surface area contributed by atoms with E-state index in [9.17, 15) is 9.59 Å². The SMILES string of the molecule is CN1C(=O)CCOc2cc(C(=O)NC3CC3)ccc21. The fourth-order valence-electron chi connectivity index (χ4n) is 2.09. The van der Waals surface area contributed by atoms with E-state index >= 15 is 0 Å². The van der Waals surface area contributed by atoms with Gasteiger partial charge in [-0.15, -0.1) is 0 Å². The van der Waals surface area contributed by atoms with Crippen molar-refractivity contribution in [2.75, 3.05) is 18.6 Å². The van der Waals surface area contributed by atoms with Crippen molar-refractivity contribution in [3.8, 4) is 5.75 Å². The summed E-state index contributed by atoms with van der Waals surface area (Å²) >= 11 is 0. The van der Waals surface area contributed by atoms with Crippen LogP contribution in [-0.4, -0.2) is 31.5 Å². The van der Waals surface area contributed by atoms with Gasteiger partial charge in [-0.05, 0) is 31.0 Å². The Bertz CT molecular complexity index is 537. The third kappa shape index (κ3) is 2.41. The minimum absolute atomic E-state index is 0.0222. The van der Waals surface area contributed by atoms with Crippen molar-refractivity contribution in [2.24, 2.45) is 0 Å². The van der Waals surface area contributed by atoms with E-state index in [0.29, 0.717) is 36.1 Å². The molecule has 1 aliphatic heterocycles. The van der Waals surface area contributed by atoms with Gasteiger partial charge in [0, 0.05) is 18.7 Å². The lowest BCUT2D eigenvalue weighted by atomic mass is 10.1. The van der Waals surface area contributed by atoms with Crippen molar-refractivity contribution in [1.29, 1.82) is 0 Å². The fourth-order valence-corrected chi connectivity index (χ4v) is 2.09. The Morgan fingerprint density at radius 3 is 2.95 bits per heavy atom. The topological polar surface area (TPSA) is 58.6 Å². The van der Waals surface area contributed by atoms with E-state index in [0.717, 1.165) is 12.8 Å². The minimum Gasteiger partial charge on any atom is -0.491 e. The molecule has 100 valence electrons. The van der Waals surface area contributed by atoms with Crippen molar-refractivity contribution >= 4 is 17.5 Å². The second kappa shape index (κ2) is 4.57. The largest absolute Gasteiger partial charge is 0.491 e. The van der Waals surface area contributed by atoms with Crippen LogP contribution in [0, 0.1) is 0 Å². The Hall–Kier alpha value is -2.04. The number of carbonyl (C=O) groups excluding carboxylic acids is 2. The summed E-state index contributed by atoms with van der Waals surface area (Å²) in [5.74, 6) is 0.540. The van der Waals surface area contributed by atoms with Crippen LogP contribution in [-0.2, 0) is 4.79 Å². The average molecular weight is 260 g/mol. The number of amides is 2. The van der Waals surface area contributed by atoms with Gasteiger partial charge in [0.1, 0.15) is 5.75 Å². The van der Waals surface area contributed by atoms with Gasteiger partial charge in [-0.25, -0.2) is 0 Å². The zero-order valence-corrected chi connectivity index (χ0v) is 10.8. The molecule has 5 heteroatoms. The summed E-state index contributed by atoms with van der Waals surface area (Å²) in [7, 11) is 1.72. The van der Waals surface area contributed by atoms with Gasteiger partial charge in [-0.2, -0.15) is 0 Å². The van der Waals surface area contributed by atoms with Crippen molar-refractivity contribution in [2.45, 2.75) is 25.3 Å². The molecule has 5 nitrogen and oxygen atoms in total. The Morgan fingerprint density at radius 2 is 2.21 bits per heavy atom. The van der Waals surface area contributed by atoms with Gasteiger partial charge in [0.2, 0.25) is 5.91 Å². The quantitative estimate of drug-likeness (QED) is 0.872. The summed E-state index contributed by atoms with van der Waals surface area (Å²) in [6, 6.07) is 5.54. The van der Waals surface area contributed by atoms with E-state index < -0.39 is 0 Å². The fraction of sp³-hybridized carbons (Fsp3) is 0.429. The molecule has 1 aliphatic carbocycles. The highest BCUT2D eigenvalue weighted by Crippen LogP contribution is 2.31. The van der Waals surface area contributed by atoms with Gasteiger partial charge in [-0.1, -0.05) is 0 Å². The molecule has 2 aliphatic rings. The van der Waals surface area contributed by atoms with E-state index in [1.807, 2.05) is 0 Å². The third-order valence-corrected chi connectivity index (χ3v) is 3.44. The van der Waals surface area contributed by atoms with E-state index in [4.69, 9.17) is 4.74 Å². The van der Waals surface area contributed by atoms with E-state index in [1.165, 1.54) is 0 Å². The highest BCUT2D eigenvalue weighted by atomic mass is 16.5. The Labute approximate surface area is 111 Å². The number of benzene rings is 1. The molecular weight excluding hydrogens is 244 g/mol. The number of ether oxygens (including phenoxy) is 1. The lowest BCUT2D eigenvalue weighted by Gasteiger charge is -2.16. The highest BCUT2D eigenvalue weighted by molar-refractivity contribution is 5.98. The summed E-state index contributed by atoms with van der Waals surface area (Å²) in [4.78, 5) is 25.3. The van der Waals surface area contributed by atoms with Crippen LogP contribution in [0.15, 0.2) is 18.2 Å². The summed E-state index contributed by atoms with van der Waals surface area (Å²) in [5, 5.41) is 2.94. The van der Waals surface area contributed by atoms with E-state index in [2.05, 4.69) is 5.32 Å². The molecular formula is C14H16N2O3. The standard InChI is InChI=1S/C14H16N2O3/c1-16-11-5-2-9(14(18)15-10-3-4-10)8-12(11)19-7-6-13(16)17/h2,5,8,10H,3-4,6-7H2,1H3,(H,15,18). The van der Waals surface area contributed by atoms with Crippen LogP contribution >= 0.6 is 0 Å². The molecule has 1 N–H and O–H groups in total. The molecule has 0 unspecified atom stereocenters. The maximum Gasteiger partial charge on any atom is 0.251 e. The summed E-state index contributed by atoms with van der Waals surface area (Å²) in [6.45, 7) is 0.351. The smallest absolute Gasteiger partial charge is 0.251 e. The summed E-state index contributed by atoms with van der Waals surface area (Å²) in [6.07, 6.45) is 2.48. The van der Waals surface area contributed by atoms with Crippen LogP contribution in [0.4, 0.5) is 5.69 Å². The number of hydrogen-bond acceptors (Lipinski definition) is 3. The first-order chi connectivity index (χ1) is 9.15. The van der Waals surface area contributed by atoms with Crippen LogP contribution in [0.3, 0.4) is 0 Å². The first kappa shape index (κ1) is 12.0. The van der Waals surface area contributed by atoms with Crippen molar-refractivity contribution in [1.82, 2.24) is 5.32 Å². The van der Waals surface area contributed by atoms with Crippen LogP contribution in [0.1, 0.15) is 29.6 Å². The first-order valence-electron chi connectivity index (χ1n) is 6.49. The molecule has 0 atom stereocenters. The summed E-state index contributed by atoms with van der Waals surface area (Å²) in [5.41, 5.74) is 1.29. The molecule has 1 heterocycles. The maximum absolute atomic E-state index is 12.0. The van der Waals surface area contributed by atoms with Crippen molar-refractivity contribution in [3.05, 3.63) is 23.8 Å². The minimum atomic E-state index is -0.0767. The number of fused-ring (bicyclic) bond motifs is 1. The highest BCUT2D eigenvalue weighted by Gasteiger charge is 2.25. The molecule has 19 heavy (non-hydrogen) atoms. The maximum atomic E-state index is 12.0. The predicted molar refractivity (Wildman–Crippen MR) is 70.5 cm³/mol. The van der Waals surface area contributed by atoms with Crippen molar-refractivity contribution < 1.29 is 14.3 Å². The Balaban J connectivity index is 1.87. The number of rotatable bonds is 2. The molecule has 1 fully saturated rings. The van der Waals surface area contributed by atoms with E-state index in [1.54, 1.807) is 30.1 Å². The van der Waals surface area contributed by atoms with Crippen LogP contribution in [0.2, 0.25) is 0 Å². The van der Waals surface area contributed by atoms with Crippen LogP contribution in [0.25, 0.3) is 0 Å². The zero-order chi connectivity index (χ0) is 13.4. The molecule has 1 aromatic carbocycles. The summed E-state index contributed by atoms with van der Waals surface area (Å²) < 4.78 is 5.56. The Kier molecular flexibility index (Phi) is 2.89. The van der Waals surface area contributed by atoms with Crippen molar-refractivity contribution in [3.63, 3.8) is 0 Å². The molecule has 0 spiro atoms. The van der Waals surface area contributed by atoms with Crippen LogP contribution < -0.4 is 15.0 Å². The Morgan fingerprint density at radius 1 is 1.42 bits per heavy atom. The normalized spacial score (nSPS) is 18.4. The van der Waals surface area contributed by atoms with Gasteiger partial charge in [0.05, 0.1) is 18.7 Å². The van der Waals surface area contributed by atoms with Crippen LogP contribution in [0.5, 0.6) is 5.75 Å². The number of anilines is 1. The molecule has 0 saturated heterocycles. The number of carbonyl (C=O) groups is 2. The van der Waals surface area contributed by atoms with Gasteiger partial charge in [0.25, 0.3) is 5.91 Å².